The van der Waals surface area contributed by atoms with E-state index >= 15 is 0 Å². The second kappa shape index (κ2) is 7.22. The van der Waals surface area contributed by atoms with Crippen molar-refractivity contribution in [2.24, 2.45) is 5.73 Å². The molecule has 0 aliphatic carbocycles. The van der Waals surface area contributed by atoms with Gasteiger partial charge in [0.1, 0.15) is 0 Å². The topological polar surface area (TPSA) is 78.9 Å². The smallest absolute Gasteiger partial charge is 0.228 e. The number of carbonyl (C=O) groups excluding carboxylic acids is 1. The molecule has 0 radical (unpaired) electrons. The molecule has 0 aromatic heterocycles. The second-order valence-corrected chi connectivity index (χ2v) is 4.73. The quantitative estimate of drug-likeness (QED) is 0.882. The molecule has 4 heteroatoms. The molecule has 2 aromatic rings. The number of nitriles is 1. The van der Waals surface area contributed by atoms with Gasteiger partial charge < -0.3 is 11.1 Å². The van der Waals surface area contributed by atoms with Crippen LogP contribution in [0.15, 0.2) is 48.5 Å². The third-order valence-electron chi connectivity index (χ3n) is 3.21. The van der Waals surface area contributed by atoms with Crippen molar-refractivity contribution in [1.29, 1.82) is 5.26 Å². The van der Waals surface area contributed by atoms with Crippen LogP contribution in [0.3, 0.4) is 0 Å². The molecule has 0 fully saturated rings. The minimum absolute atomic E-state index is 0.0797. The molecule has 0 atom stereocenters. The largest absolute Gasteiger partial charge is 0.326 e. The third-order valence-corrected chi connectivity index (χ3v) is 3.21. The summed E-state index contributed by atoms with van der Waals surface area (Å²) in [4.78, 5) is 12.1. The molecule has 0 aliphatic rings. The van der Waals surface area contributed by atoms with Gasteiger partial charge in [-0.3, -0.25) is 4.79 Å². The lowest BCUT2D eigenvalue weighted by Crippen LogP contribution is -2.16. The molecule has 4 nitrogen and oxygen atoms in total. The van der Waals surface area contributed by atoms with Gasteiger partial charge in [-0.25, -0.2) is 0 Å². The van der Waals surface area contributed by atoms with Gasteiger partial charge in [-0.15, -0.1) is 0 Å². The van der Waals surface area contributed by atoms with Crippen molar-refractivity contribution in [3.05, 3.63) is 65.2 Å². The van der Waals surface area contributed by atoms with Crippen LogP contribution in [0.2, 0.25) is 0 Å². The number of amides is 1. The number of hydrogen-bond donors (Lipinski definition) is 2. The van der Waals surface area contributed by atoms with Crippen LogP contribution in [-0.4, -0.2) is 5.91 Å². The molecule has 3 N–H and O–H groups in total. The Labute approximate surface area is 124 Å². The van der Waals surface area contributed by atoms with E-state index in [1.165, 1.54) is 0 Å². The first kappa shape index (κ1) is 14.8. The predicted molar refractivity (Wildman–Crippen MR) is 82.4 cm³/mol. The van der Waals surface area contributed by atoms with Crippen LogP contribution in [0, 0.1) is 11.3 Å². The van der Waals surface area contributed by atoms with Crippen LogP contribution in [0.25, 0.3) is 0 Å². The van der Waals surface area contributed by atoms with E-state index < -0.39 is 0 Å². The number of hydrogen-bond acceptors (Lipinski definition) is 3. The molecular weight excluding hydrogens is 262 g/mol. The van der Waals surface area contributed by atoms with Crippen LogP contribution < -0.4 is 11.1 Å². The van der Waals surface area contributed by atoms with Crippen molar-refractivity contribution in [2.45, 2.75) is 19.4 Å². The van der Waals surface area contributed by atoms with E-state index in [9.17, 15) is 4.79 Å². The van der Waals surface area contributed by atoms with Crippen molar-refractivity contribution in [3.63, 3.8) is 0 Å². The van der Waals surface area contributed by atoms with E-state index in [-0.39, 0.29) is 5.91 Å². The molecule has 2 rings (SSSR count). The van der Waals surface area contributed by atoms with Gasteiger partial charge in [0.25, 0.3) is 0 Å². The Balaban J connectivity index is 2.00. The minimum atomic E-state index is -0.0797. The lowest BCUT2D eigenvalue weighted by atomic mass is 10.0. The molecule has 0 aliphatic heterocycles. The van der Waals surface area contributed by atoms with Crippen molar-refractivity contribution in [2.75, 3.05) is 5.32 Å². The highest BCUT2D eigenvalue weighted by molar-refractivity contribution is 5.92. The highest BCUT2D eigenvalue weighted by atomic mass is 16.1. The van der Waals surface area contributed by atoms with Gasteiger partial charge in [0.15, 0.2) is 0 Å². The number of anilines is 1. The Hall–Kier alpha value is -2.64. The maximum Gasteiger partial charge on any atom is 0.228 e. The molecule has 21 heavy (non-hydrogen) atoms. The fourth-order valence-corrected chi connectivity index (χ4v) is 2.10. The predicted octanol–water partition coefficient (Wildman–Crippen LogP) is 2.39. The Kier molecular flexibility index (Phi) is 5.08. The Morgan fingerprint density at radius 3 is 2.38 bits per heavy atom. The van der Waals surface area contributed by atoms with E-state index in [1.54, 1.807) is 12.1 Å². The summed E-state index contributed by atoms with van der Waals surface area (Å²) in [6.07, 6.45) is 0.672. The van der Waals surface area contributed by atoms with Crippen molar-refractivity contribution in [3.8, 4) is 6.07 Å². The van der Waals surface area contributed by atoms with Gasteiger partial charge in [0.05, 0.1) is 18.9 Å². The SMILES string of the molecule is N#CCc1ccc(NC(=O)Cc2ccccc2CN)cc1. The Morgan fingerprint density at radius 2 is 1.76 bits per heavy atom. The zero-order chi connectivity index (χ0) is 15.1. The molecule has 2 aromatic carbocycles. The second-order valence-electron chi connectivity index (χ2n) is 4.73. The Bertz CT molecular complexity index is 656. The zero-order valence-corrected chi connectivity index (χ0v) is 11.7. The molecule has 1 amide bonds. The van der Waals surface area contributed by atoms with Crippen molar-refractivity contribution >= 4 is 11.6 Å². The van der Waals surface area contributed by atoms with Gasteiger partial charge in [-0.1, -0.05) is 36.4 Å². The molecule has 0 spiro atoms. The maximum absolute atomic E-state index is 12.1. The van der Waals surface area contributed by atoms with Gasteiger partial charge in [-0.05, 0) is 28.8 Å². The summed E-state index contributed by atoms with van der Waals surface area (Å²) in [7, 11) is 0. The van der Waals surface area contributed by atoms with Crippen LogP contribution in [0.5, 0.6) is 0 Å². The average Bonchev–Trinajstić information content (AvgIpc) is 2.50. The monoisotopic (exact) mass is 279 g/mol. The zero-order valence-electron chi connectivity index (χ0n) is 11.7. The Morgan fingerprint density at radius 1 is 1.10 bits per heavy atom. The number of nitrogens with two attached hydrogens (primary N) is 1. The lowest BCUT2D eigenvalue weighted by molar-refractivity contribution is -0.115. The number of rotatable bonds is 5. The highest BCUT2D eigenvalue weighted by Gasteiger charge is 2.07. The van der Waals surface area contributed by atoms with Crippen LogP contribution in [-0.2, 0) is 24.2 Å². The van der Waals surface area contributed by atoms with Crippen LogP contribution in [0.1, 0.15) is 16.7 Å². The fourth-order valence-electron chi connectivity index (χ4n) is 2.10. The van der Waals surface area contributed by atoms with E-state index in [0.717, 1.165) is 22.4 Å². The molecular formula is C17H17N3O. The third kappa shape index (κ3) is 4.16. The standard InChI is InChI=1S/C17H17N3O/c18-10-9-13-5-7-16(8-6-13)20-17(21)11-14-3-1-2-4-15(14)12-19/h1-8H,9,11-12,19H2,(H,20,21). The van der Waals surface area contributed by atoms with Crippen molar-refractivity contribution in [1.82, 2.24) is 0 Å². The first-order chi connectivity index (χ1) is 10.2. The molecule has 0 heterocycles. The molecule has 0 unspecified atom stereocenters. The summed E-state index contributed by atoms with van der Waals surface area (Å²) in [5.74, 6) is -0.0797. The number of nitrogens with zero attached hydrogens (tertiary/aromatic N) is 1. The lowest BCUT2D eigenvalue weighted by Gasteiger charge is -2.09. The van der Waals surface area contributed by atoms with Gasteiger partial charge >= 0.3 is 0 Å². The number of carbonyl (C=O) groups is 1. The number of benzene rings is 2. The fraction of sp³-hybridized carbons (Fsp3) is 0.176. The van der Waals surface area contributed by atoms with Gasteiger partial charge in [0.2, 0.25) is 5.91 Å². The molecule has 0 saturated carbocycles. The summed E-state index contributed by atoms with van der Waals surface area (Å²) in [6, 6.07) is 17.0. The first-order valence-electron chi connectivity index (χ1n) is 6.75. The summed E-state index contributed by atoms with van der Waals surface area (Å²) in [5, 5.41) is 11.5. The van der Waals surface area contributed by atoms with E-state index in [4.69, 9.17) is 11.0 Å². The van der Waals surface area contributed by atoms with Crippen LogP contribution >= 0.6 is 0 Å². The average molecular weight is 279 g/mol. The van der Waals surface area contributed by atoms with Gasteiger partial charge in [-0.2, -0.15) is 5.26 Å². The normalized spacial score (nSPS) is 9.90. The number of nitrogens with one attached hydrogen (secondary N) is 1. The van der Waals surface area contributed by atoms with E-state index in [2.05, 4.69) is 11.4 Å². The van der Waals surface area contributed by atoms with Crippen molar-refractivity contribution < 1.29 is 4.79 Å². The summed E-state index contributed by atoms with van der Waals surface area (Å²) >= 11 is 0. The van der Waals surface area contributed by atoms with Gasteiger partial charge in [0, 0.05) is 12.2 Å². The first-order valence-corrected chi connectivity index (χ1v) is 6.75. The summed E-state index contributed by atoms with van der Waals surface area (Å²) in [6.45, 7) is 0.423. The highest BCUT2D eigenvalue weighted by Crippen LogP contribution is 2.12. The minimum Gasteiger partial charge on any atom is -0.326 e. The maximum atomic E-state index is 12.1. The van der Waals surface area contributed by atoms with Crippen LogP contribution in [0.4, 0.5) is 5.69 Å². The summed E-state index contributed by atoms with van der Waals surface area (Å²) < 4.78 is 0. The molecule has 0 saturated heterocycles. The van der Waals surface area contributed by atoms with E-state index in [0.29, 0.717) is 19.4 Å². The van der Waals surface area contributed by atoms with E-state index in [1.807, 2.05) is 36.4 Å². The summed E-state index contributed by atoms with van der Waals surface area (Å²) in [5.41, 5.74) is 9.26. The molecule has 0 bridgehead atoms. The molecule has 106 valence electrons.